The van der Waals surface area contributed by atoms with E-state index in [-0.39, 0.29) is 6.04 Å². The molecule has 5 heteroatoms. The van der Waals surface area contributed by atoms with E-state index in [1.165, 1.54) is 0 Å². The van der Waals surface area contributed by atoms with Crippen molar-refractivity contribution in [3.05, 3.63) is 51.8 Å². The maximum Gasteiger partial charge on any atom is 0.0640 e. The van der Waals surface area contributed by atoms with Crippen LogP contribution in [-0.4, -0.2) is 16.8 Å². The number of benzene rings is 1. The zero-order valence-corrected chi connectivity index (χ0v) is 11.8. The summed E-state index contributed by atoms with van der Waals surface area (Å²) < 4.78 is 1.79. The highest BCUT2D eigenvalue weighted by molar-refractivity contribution is 6.42. The van der Waals surface area contributed by atoms with E-state index in [4.69, 9.17) is 23.2 Å². The molecule has 1 atom stereocenters. The van der Waals surface area contributed by atoms with Crippen molar-refractivity contribution >= 4 is 23.2 Å². The maximum absolute atomic E-state index is 6.25. The molecule has 0 fully saturated rings. The molecule has 2 aromatic rings. The van der Waals surface area contributed by atoms with Crippen molar-refractivity contribution in [2.45, 2.75) is 12.5 Å². The van der Waals surface area contributed by atoms with E-state index in [2.05, 4.69) is 10.4 Å². The van der Waals surface area contributed by atoms with Crippen LogP contribution in [0.15, 0.2) is 30.6 Å². The van der Waals surface area contributed by atoms with Crippen LogP contribution in [0.1, 0.15) is 17.2 Å². The molecule has 1 N–H and O–H groups in total. The highest BCUT2D eigenvalue weighted by atomic mass is 35.5. The summed E-state index contributed by atoms with van der Waals surface area (Å²) in [7, 11) is 3.82. The molecule has 0 spiro atoms. The topological polar surface area (TPSA) is 29.9 Å². The van der Waals surface area contributed by atoms with Crippen molar-refractivity contribution in [1.29, 1.82) is 0 Å². The van der Waals surface area contributed by atoms with Gasteiger partial charge in [0.15, 0.2) is 0 Å². The van der Waals surface area contributed by atoms with E-state index < -0.39 is 0 Å². The van der Waals surface area contributed by atoms with E-state index in [1.54, 1.807) is 10.7 Å². The normalized spacial score (nSPS) is 12.7. The number of aryl methyl sites for hydroxylation is 1. The third kappa shape index (κ3) is 2.86. The first-order valence-electron chi connectivity index (χ1n) is 5.70. The van der Waals surface area contributed by atoms with Crippen LogP contribution in [0, 0.1) is 0 Å². The maximum atomic E-state index is 6.25. The fourth-order valence-corrected chi connectivity index (χ4v) is 2.41. The number of nitrogens with zero attached hydrogens (tertiary/aromatic N) is 2. The lowest BCUT2D eigenvalue weighted by Gasteiger charge is -2.17. The Bertz CT molecular complexity index is 537. The van der Waals surface area contributed by atoms with Crippen molar-refractivity contribution in [2.75, 3.05) is 7.05 Å². The molecule has 0 aliphatic carbocycles. The summed E-state index contributed by atoms with van der Waals surface area (Å²) in [5, 5.41) is 8.63. The van der Waals surface area contributed by atoms with Crippen molar-refractivity contribution in [2.24, 2.45) is 7.05 Å². The lowest BCUT2D eigenvalue weighted by atomic mass is 10.0. The summed E-state index contributed by atoms with van der Waals surface area (Å²) >= 11 is 12.3. The average molecular weight is 284 g/mol. The van der Waals surface area contributed by atoms with E-state index in [1.807, 2.05) is 38.6 Å². The number of rotatable bonds is 4. The Morgan fingerprint density at radius 2 is 2.17 bits per heavy atom. The Kier molecular flexibility index (Phi) is 4.27. The predicted octanol–water partition coefficient (Wildman–Crippen LogP) is 3.23. The zero-order chi connectivity index (χ0) is 13.1. The van der Waals surface area contributed by atoms with E-state index in [0.29, 0.717) is 10.0 Å². The second-order valence-electron chi connectivity index (χ2n) is 4.21. The molecule has 0 saturated carbocycles. The number of hydrogen-bond donors (Lipinski definition) is 1. The molecule has 2 rings (SSSR count). The van der Waals surface area contributed by atoms with Gasteiger partial charge in [-0.3, -0.25) is 4.68 Å². The number of aromatic nitrogens is 2. The second kappa shape index (κ2) is 5.74. The van der Waals surface area contributed by atoms with Crippen LogP contribution < -0.4 is 5.32 Å². The molecular weight excluding hydrogens is 269 g/mol. The van der Waals surface area contributed by atoms with Crippen LogP contribution in [0.3, 0.4) is 0 Å². The monoisotopic (exact) mass is 283 g/mol. The van der Waals surface area contributed by atoms with Gasteiger partial charge in [0.2, 0.25) is 0 Å². The Hall–Kier alpha value is -1.03. The van der Waals surface area contributed by atoms with Gasteiger partial charge in [-0.2, -0.15) is 5.10 Å². The smallest absolute Gasteiger partial charge is 0.0640 e. The Labute approximate surface area is 117 Å². The first-order valence-corrected chi connectivity index (χ1v) is 6.46. The van der Waals surface area contributed by atoms with Gasteiger partial charge in [-0.15, -0.1) is 0 Å². The quantitative estimate of drug-likeness (QED) is 0.934. The standard InChI is InChI=1S/C13H15Cl2N3/c1-16-12(6-9-7-17-18(2)8-9)10-4-3-5-11(14)13(10)15/h3-5,7-8,12,16H,6H2,1-2H3. The highest BCUT2D eigenvalue weighted by Gasteiger charge is 2.15. The van der Waals surface area contributed by atoms with Crippen LogP contribution in [0.5, 0.6) is 0 Å². The summed E-state index contributed by atoms with van der Waals surface area (Å²) in [6, 6.07) is 5.83. The van der Waals surface area contributed by atoms with Gasteiger partial charge in [-0.05, 0) is 30.7 Å². The van der Waals surface area contributed by atoms with E-state index in [0.717, 1.165) is 17.5 Å². The van der Waals surface area contributed by atoms with E-state index in [9.17, 15) is 0 Å². The molecule has 96 valence electrons. The lowest BCUT2D eigenvalue weighted by molar-refractivity contribution is 0.592. The molecule has 0 bridgehead atoms. The van der Waals surface area contributed by atoms with Gasteiger partial charge < -0.3 is 5.32 Å². The first kappa shape index (κ1) is 13.4. The van der Waals surface area contributed by atoms with Gasteiger partial charge in [-0.25, -0.2) is 0 Å². The van der Waals surface area contributed by atoms with Crippen LogP contribution in [0.25, 0.3) is 0 Å². The average Bonchev–Trinajstić information content (AvgIpc) is 2.76. The number of likely N-dealkylation sites (N-methyl/N-ethyl adjacent to an activating group) is 1. The molecule has 1 heterocycles. The van der Waals surface area contributed by atoms with Gasteiger partial charge in [0.05, 0.1) is 16.2 Å². The third-order valence-electron chi connectivity index (χ3n) is 2.90. The van der Waals surface area contributed by atoms with Crippen molar-refractivity contribution in [3.8, 4) is 0 Å². The molecule has 1 aromatic carbocycles. The summed E-state index contributed by atoms with van der Waals surface area (Å²) in [4.78, 5) is 0. The van der Waals surface area contributed by atoms with Crippen molar-refractivity contribution in [1.82, 2.24) is 15.1 Å². The third-order valence-corrected chi connectivity index (χ3v) is 3.74. The largest absolute Gasteiger partial charge is 0.313 e. The van der Waals surface area contributed by atoms with Gasteiger partial charge in [0.1, 0.15) is 0 Å². The number of nitrogens with one attached hydrogen (secondary N) is 1. The first-order chi connectivity index (χ1) is 8.61. The van der Waals surface area contributed by atoms with Crippen molar-refractivity contribution < 1.29 is 0 Å². The fourth-order valence-electron chi connectivity index (χ4n) is 1.97. The predicted molar refractivity (Wildman–Crippen MR) is 75.2 cm³/mol. The van der Waals surface area contributed by atoms with Crippen LogP contribution in [0.2, 0.25) is 10.0 Å². The summed E-state index contributed by atoms with van der Waals surface area (Å²) in [6.45, 7) is 0. The summed E-state index contributed by atoms with van der Waals surface area (Å²) in [6.07, 6.45) is 4.69. The van der Waals surface area contributed by atoms with Gasteiger partial charge in [-0.1, -0.05) is 35.3 Å². The minimum Gasteiger partial charge on any atom is -0.313 e. The molecular formula is C13H15Cl2N3. The highest BCUT2D eigenvalue weighted by Crippen LogP contribution is 2.31. The molecule has 1 aromatic heterocycles. The molecule has 3 nitrogen and oxygen atoms in total. The Morgan fingerprint density at radius 1 is 1.39 bits per heavy atom. The van der Waals surface area contributed by atoms with Crippen LogP contribution in [-0.2, 0) is 13.5 Å². The minimum atomic E-state index is 0.125. The Balaban J connectivity index is 2.25. The van der Waals surface area contributed by atoms with Gasteiger partial charge in [0.25, 0.3) is 0 Å². The molecule has 1 unspecified atom stereocenters. The molecule has 0 aliphatic heterocycles. The fraction of sp³-hybridized carbons (Fsp3) is 0.308. The SMILES string of the molecule is CNC(Cc1cnn(C)c1)c1cccc(Cl)c1Cl. The number of halogens is 2. The zero-order valence-electron chi connectivity index (χ0n) is 10.3. The van der Waals surface area contributed by atoms with Gasteiger partial charge >= 0.3 is 0 Å². The number of hydrogen-bond acceptors (Lipinski definition) is 2. The summed E-state index contributed by atoms with van der Waals surface area (Å²) in [5.74, 6) is 0. The molecule has 0 saturated heterocycles. The molecule has 0 radical (unpaired) electrons. The van der Waals surface area contributed by atoms with Gasteiger partial charge in [0, 0.05) is 19.3 Å². The van der Waals surface area contributed by atoms with E-state index >= 15 is 0 Å². The van der Waals surface area contributed by atoms with Crippen LogP contribution >= 0.6 is 23.2 Å². The molecule has 0 amide bonds. The lowest BCUT2D eigenvalue weighted by Crippen LogP contribution is -2.19. The molecule has 18 heavy (non-hydrogen) atoms. The van der Waals surface area contributed by atoms with Crippen molar-refractivity contribution in [3.63, 3.8) is 0 Å². The summed E-state index contributed by atoms with van der Waals surface area (Å²) in [5.41, 5.74) is 2.17. The second-order valence-corrected chi connectivity index (χ2v) is 5.00. The van der Waals surface area contributed by atoms with Crippen LogP contribution in [0.4, 0.5) is 0 Å². The molecule has 0 aliphatic rings. The Morgan fingerprint density at radius 3 is 2.78 bits per heavy atom. The minimum absolute atomic E-state index is 0.125.